The van der Waals surface area contributed by atoms with Crippen LogP contribution in [0.25, 0.3) is 11.3 Å². The Kier molecular flexibility index (Phi) is 5.54. The van der Waals surface area contributed by atoms with Gasteiger partial charge in [-0.2, -0.15) is 0 Å². The Morgan fingerprint density at radius 1 is 1.24 bits per heavy atom. The van der Waals surface area contributed by atoms with Crippen LogP contribution in [0.4, 0.5) is 0 Å². The molecular weight excluding hydrogens is 330 g/mol. The van der Waals surface area contributed by atoms with Crippen LogP contribution in [0.2, 0.25) is 0 Å². The number of nitrogens with one attached hydrogen (secondary N) is 2. The van der Waals surface area contributed by atoms with E-state index < -0.39 is 0 Å². The van der Waals surface area contributed by atoms with Gasteiger partial charge in [-0.05, 0) is 42.8 Å². The number of carbonyl (C=O) groups is 1. The summed E-state index contributed by atoms with van der Waals surface area (Å²) in [6.45, 7) is 9.45. The molecule has 0 spiro atoms. The number of nitrogens with zero attached hydrogens (tertiary/aromatic N) is 1. The molecule has 0 bridgehead atoms. The average molecular weight is 358 g/mol. The quantitative estimate of drug-likeness (QED) is 0.874. The topological polar surface area (TPSA) is 54.0 Å². The number of piperidine rings is 1. The second kappa shape index (κ2) is 7.67. The first-order chi connectivity index (χ1) is 11.9. The van der Waals surface area contributed by atoms with Gasteiger partial charge in [-0.15, -0.1) is 11.3 Å². The summed E-state index contributed by atoms with van der Waals surface area (Å²) in [4.78, 5) is 16.9. The van der Waals surface area contributed by atoms with Gasteiger partial charge >= 0.3 is 0 Å². The Morgan fingerprint density at radius 2 is 1.92 bits per heavy atom. The number of hydrogen-bond acceptors (Lipinski definition) is 4. The zero-order valence-corrected chi connectivity index (χ0v) is 16.1. The third-order valence-electron chi connectivity index (χ3n) is 4.76. The van der Waals surface area contributed by atoms with Gasteiger partial charge in [0, 0.05) is 17.5 Å². The molecule has 0 radical (unpaired) electrons. The first-order valence-corrected chi connectivity index (χ1v) is 9.87. The molecule has 0 aliphatic carbocycles. The number of aromatic nitrogens is 1. The van der Waals surface area contributed by atoms with Gasteiger partial charge in [-0.25, -0.2) is 4.98 Å². The van der Waals surface area contributed by atoms with E-state index in [9.17, 15) is 4.79 Å². The predicted octanol–water partition coefficient (Wildman–Crippen LogP) is 3.84. The lowest BCUT2D eigenvalue weighted by Gasteiger charge is -2.22. The van der Waals surface area contributed by atoms with E-state index in [1.165, 1.54) is 16.9 Å². The van der Waals surface area contributed by atoms with Crippen molar-refractivity contribution in [1.29, 1.82) is 0 Å². The highest BCUT2D eigenvalue weighted by Crippen LogP contribution is 2.27. The lowest BCUT2D eigenvalue weighted by Crippen LogP contribution is -2.35. The molecule has 0 saturated carbocycles. The molecule has 0 atom stereocenters. The summed E-state index contributed by atoms with van der Waals surface area (Å²) >= 11 is 1.41. The third-order valence-corrected chi connectivity index (χ3v) is 5.60. The van der Waals surface area contributed by atoms with Gasteiger partial charge < -0.3 is 10.6 Å². The monoisotopic (exact) mass is 357 g/mol. The molecule has 5 heteroatoms. The molecule has 1 aliphatic heterocycles. The van der Waals surface area contributed by atoms with Crippen molar-refractivity contribution in [2.24, 2.45) is 5.92 Å². The molecule has 2 N–H and O–H groups in total. The molecule has 25 heavy (non-hydrogen) atoms. The van der Waals surface area contributed by atoms with E-state index in [4.69, 9.17) is 0 Å². The molecule has 3 rings (SSSR count). The Hall–Kier alpha value is -1.72. The minimum atomic E-state index is -0.0545. The highest BCUT2D eigenvalue weighted by Gasteiger charge is 2.17. The molecule has 1 aromatic heterocycles. The van der Waals surface area contributed by atoms with Crippen LogP contribution in [0.1, 0.15) is 49.0 Å². The highest BCUT2D eigenvalue weighted by molar-refractivity contribution is 7.12. The SMILES string of the molecule is CC(C)(C)c1ccc(-c2csc(C(=O)NCC3CCNCC3)n2)cc1. The molecule has 1 aromatic carbocycles. The second-order valence-electron chi connectivity index (χ2n) is 7.77. The number of amides is 1. The summed E-state index contributed by atoms with van der Waals surface area (Å²) in [5.74, 6) is 0.524. The average Bonchev–Trinajstić information content (AvgIpc) is 3.10. The van der Waals surface area contributed by atoms with Crippen molar-refractivity contribution in [3.05, 3.63) is 40.2 Å². The lowest BCUT2D eigenvalue weighted by atomic mass is 9.86. The fourth-order valence-corrected chi connectivity index (χ4v) is 3.79. The Labute approximate surface area is 154 Å². The summed E-state index contributed by atoms with van der Waals surface area (Å²) in [6.07, 6.45) is 2.26. The fraction of sp³-hybridized carbons (Fsp3) is 0.500. The van der Waals surface area contributed by atoms with Gasteiger partial charge in [0.2, 0.25) is 0 Å². The lowest BCUT2D eigenvalue weighted by molar-refractivity contribution is 0.0944. The number of hydrogen-bond donors (Lipinski definition) is 2. The molecule has 4 nitrogen and oxygen atoms in total. The van der Waals surface area contributed by atoms with Gasteiger partial charge in [0.1, 0.15) is 0 Å². The van der Waals surface area contributed by atoms with Gasteiger partial charge in [0.25, 0.3) is 5.91 Å². The van der Waals surface area contributed by atoms with E-state index in [-0.39, 0.29) is 11.3 Å². The van der Waals surface area contributed by atoms with E-state index in [2.05, 4.69) is 60.7 Å². The molecule has 2 aromatic rings. The first-order valence-electron chi connectivity index (χ1n) is 8.99. The van der Waals surface area contributed by atoms with Crippen molar-refractivity contribution in [2.75, 3.05) is 19.6 Å². The van der Waals surface area contributed by atoms with Crippen molar-refractivity contribution in [3.63, 3.8) is 0 Å². The summed E-state index contributed by atoms with van der Waals surface area (Å²) in [5, 5.41) is 8.90. The predicted molar refractivity (Wildman–Crippen MR) is 104 cm³/mol. The minimum Gasteiger partial charge on any atom is -0.350 e. The fourth-order valence-electron chi connectivity index (χ4n) is 3.05. The van der Waals surface area contributed by atoms with Crippen molar-refractivity contribution in [3.8, 4) is 11.3 Å². The second-order valence-corrected chi connectivity index (χ2v) is 8.63. The molecule has 1 saturated heterocycles. The number of benzene rings is 1. The van der Waals surface area contributed by atoms with Gasteiger partial charge in [0.15, 0.2) is 5.01 Å². The Morgan fingerprint density at radius 3 is 2.56 bits per heavy atom. The van der Waals surface area contributed by atoms with E-state index in [0.29, 0.717) is 10.9 Å². The molecule has 134 valence electrons. The van der Waals surface area contributed by atoms with Crippen LogP contribution in [0.15, 0.2) is 29.6 Å². The number of rotatable bonds is 4. The molecule has 1 aliphatic rings. The van der Waals surface area contributed by atoms with Crippen LogP contribution < -0.4 is 10.6 Å². The normalized spacial score (nSPS) is 16.0. The van der Waals surface area contributed by atoms with Crippen molar-refractivity contribution < 1.29 is 4.79 Å². The largest absolute Gasteiger partial charge is 0.350 e. The standard InChI is InChI=1S/C20H27N3OS/c1-20(2,3)16-6-4-15(5-7-16)17-13-25-19(23-17)18(24)22-12-14-8-10-21-11-9-14/h4-7,13-14,21H,8-12H2,1-3H3,(H,22,24). The van der Waals surface area contributed by atoms with Gasteiger partial charge in [-0.3, -0.25) is 4.79 Å². The zero-order valence-electron chi connectivity index (χ0n) is 15.3. The molecular formula is C20H27N3OS. The molecule has 2 heterocycles. The summed E-state index contributed by atoms with van der Waals surface area (Å²) in [7, 11) is 0. The van der Waals surface area contributed by atoms with Gasteiger partial charge in [0.05, 0.1) is 5.69 Å². The maximum absolute atomic E-state index is 12.3. The summed E-state index contributed by atoms with van der Waals surface area (Å²) in [6, 6.07) is 8.47. The third kappa shape index (κ3) is 4.67. The Balaban J connectivity index is 1.62. The Bertz CT molecular complexity index is 709. The first kappa shape index (κ1) is 18.1. The van der Waals surface area contributed by atoms with Crippen molar-refractivity contribution in [1.82, 2.24) is 15.6 Å². The maximum atomic E-state index is 12.3. The van der Waals surface area contributed by atoms with Gasteiger partial charge in [-0.1, -0.05) is 45.0 Å². The summed E-state index contributed by atoms with van der Waals surface area (Å²) in [5.41, 5.74) is 3.37. The van der Waals surface area contributed by atoms with Crippen LogP contribution in [-0.4, -0.2) is 30.5 Å². The maximum Gasteiger partial charge on any atom is 0.280 e. The van der Waals surface area contributed by atoms with E-state index in [0.717, 1.165) is 43.7 Å². The molecule has 1 fully saturated rings. The molecule has 1 amide bonds. The van der Waals surface area contributed by atoms with E-state index in [1.54, 1.807) is 0 Å². The minimum absolute atomic E-state index is 0.0545. The van der Waals surface area contributed by atoms with Crippen molar-refractivity contribution in [2.45, 2.75) is 39.0 Å². The van der Waals surface area contributed by atoms with Crippen LogP contribution in [0.3, 0.4) is 0 Å². The zero-order chi connectivity index (χ0) is 17.9. The van der Waals surface area contributed by atoms with Crippen molar-refractivity contribution >= 4 is 17.2 Å². The highest BCUT2D eigenvalue weighted by atomic mass is 32.1. The van der Waals surface area contributed by atoms with Crippen LogP contribution in [-0.2, 0) is 5.41 Å². The van der Waals surface area contributed by atoms with Crippen LogP contribution >= 0.6 is 11.3 Å². The molecule has 0 unspecified atom stereocenters. The summed E-state index contributed by atoms with van der Waals surface area (Å²) < 4.78 is 0. The number of thiazole rings is 1. The number of carbonyl (C=O) groups excluding carboxylic acids is 1. The smallest absolute Gasteiger partial charge is 0.280 e. The van der Waals surface area contributed by atoms with E-state index in [1.807, 2.05) is 5.38 Å². The van der Waals surface area contributed by atoms with Crippen LogP contribution in [0.5, 0.6) is 0 Å². The van der Waals surface area contributed by atoms with E-state index >= 15 is 0 Å². The van der Waals surface area contributed by atoms with Crippen LogP contribution in [0, 0.1) is 5.92 Å².